The fourth-order valence-corrected chi connectivity index (χ4v) is 8.51. The van der Waals surface area contributed by atoms with Crippen molar-refractivity contribution in [1.29, 1.82) is 0 Å². The average Bonchev–Trinajstić information content (AvgIpc) is 3.16. The number of amides is 1. The molecule has 30 heavy (non-hydrogen) atoms. The maximum absolute atomic E-state index is 13.3. The Morgan fingerprint density at radius 1 is 1.27 bits per heavy atom. The molecule has 6 atom stereocenters. The summed E-state index contributed by atoms with van der Waals surface area (Å²) in [6.45, 7) is 7.84. The lowest BCUT2D eigenvalue weighted by Gasteiger charge is -2.65. The highest BCUT2D eigenvalue weighted by molar-refractivity contribution is 5.70. The van der Waals surface area contributed by atoms with Gasteiger partial charge in [0.2, 0.25) is 0 Å². The minimum Gasteiger partial charge on any atom is -0.497 e. The molecule has 2 aliphatic heterocycles. The van der Waals surface area contributed by atoms with Crippen LogP contribution in [0.1, 0.15) is 57.6 Å². The molecule has 4 fully saturated rings. The van der Waals surface area contributed by atoms with Gasteiger partial charge in [-0.25, -0.2) is 4.79 Å². The molecule has 162 valence electrons. The van der Waals surface area contributed by atoms with Gasteiger partial charge in [0.05, 0.1) is 7.11 Å². The highest BCUT2D eigenvalue weighted by Crippen LogP contribution is 2.74. The third-order valence-corrected chi connectivity index (χ3v) is 9.17. The Labute approximate surface area is 179 Å². The normalized spacial score (nSPS) is 40.6. The van der Waals surface area contributed by atoms with Crippen molar-refractivity contribution in [2.45, 2.75) is 76.0 Å². The molecule has 5 heteroatoms. The van der Waals surface area contributed by atoms with Crippen molar-refractivity contribution >= 4 is 6.09 Å². The number of methoxy groups -OCH3 is 1. The number of hydrogen-bond acceptors (Lipinski definition) is 4. The number of benzene rings is 1. The SMILES string of the molecule is COc1ccc2c(c1)C13CCN(C(=O)OC(C)(C)C)C(C2)C12CCC1NC[C@@H](C2)C13. The molecular formula is C25H34N2O3. The van der Waals surface area contributed by atoms with Crippen LogP contribution in [0.5, 0.6) is 5.75 Å². The van der Waals surface area contributed by atoms with Gasteiger partial charge in [0.15, 0.2) is 0 Å². The van der Waals surface area contributed by atoms with Gasteiger partial charge in [-0.05, 0) is 94.5 Å². The van der Waals surface area contributed by atoms with Gasteiger partial charge in [-0.3, -0.25) is 0 Å². The Morgan fingerprint density at radius 3 is 2.87 bits per heavy atom. The van der Waals surface area contributed by atoms with Crippen LogP contribution in [-0.2, 0) is 16.6 Å². The van der Waals surface area contributed by atoms with Gasteiger partial charge in [-0.2, -0.15) is 0 Å². The zero-order valence-corrected chi connectivity index (χ0v) is 18.7. The first-order valence-corrected chi connectivity index (χ1v) is 11.7. The third kappa shape index (κ3) is 2.20. The lowest BCUT2D eigenvalue weighted by atomic mass is 9.44. The summed E-state index contributed by atoms with van der Waals surface area (Å²) in [5.74, 6) is 2.37. The van der Waals surface area contributed by atoms with Gasteiger partial charge < -0.3 is 19.7 Å². The first kappa shape index (κ1) is 19.0. The summed E-state index contributed by atoms with van der Waals surface area (Å²) in [6, 6.07) is 7.56. The predicted octanol–water partition coefficient (Wildman–Crippen LogP) is 3.89. The molecule has 2 saturated carbocycles. The fraction of sp³-hybridized carbons (Fsp3) is 0.720. The van der Waals surface area contributed by atoms with Crippen LogP contribution in [0, 0.1) is 17.3 Å². The van der Waals surface area contributed by atoms with Gasteiger partial charge in [-0.1, -0.05) is 6.07 Å². The van der Waals surface area contributed by atoms with Gasteiger partial charge in [0.1, 0.15) is 11.4 Å². The molecule has 5 nitrogen and oxygen atoms in total. The van der Waals surface area contributed by atoms with Crippen molar-refractivity contribution in [1.82, 2.24) is 10.2 Å². The summed E-state index contributed by atoms with van der Waals surface area (Å²) < 4.78 is 11.6. The van der Waals surface area contributed by atoms with Crippen molar-refractivity contribution < 1.29 is 14.3 Å². The number of piperidine rings is 1. The van der Waals surface area contributed by atoms with E-state index in [-0.39, 0.29) is 23.0 Å². The number of ether oxygens (including phenoxy) is 2. The molecule has 5 aliphatic rings. The average molecular weight is 411 g/mol. The molecule has 1 N–H and O–H groups in total. The molecule has 0 radical (unpaired) electrons. The van der Waals surface area contributed by atoms with Crippen molar-refractivity contribution in [2.24, 2.45) is 17.3 Å². The Bertz CT molecular complexity index is 908. The number of carbonyl (C=O) groups is 1. The second kappa shape index (κ2) is 5.93. The molecule has 5 unspecified atom stereocenters. The Morgan fingerprint density at radius 2 is 2.10 bits per heavy atom. The highest BCUT2D eigenvalue weighted by Gasteiger charge is 2.75. The molecule has 1 aromatic rings. The van der Waals surface area contributed by atoms with Gasteiger partial charge in [0, 0.05) is 29.5 Å². The molecule has 1 amide bonds. The maximum Gasteiger partial charge on any atom is 0.410 e. The molecule has 6 rings (SSSR count). The molecule has 1 aromatic carbocycles. The van der Waals surface area contributed by atoms with E-state index in [1.54, 1.807) is 7.11 Å². The van der Waals surface area contributed by atoms with E-state index in [1.807, 2.05) is 20.8 Å². The molecule has 0 aromatic heterocycles. The van der Waals surface area contributed by atoms with E-state index in [2.05, 4.69) is 28.4 Å². The van der Waals surface area contributed by atoms with Crippen LogP contribution in [0.2, 0.25) is 0 Å². The minimum atomic E-state index is -0.461. The van der Waals surface area contributed by atoms with E-state index in [1.165, 1.54) is 30.4 Å². The monoisotopic (exact) mass is 410 g/mol. The largest absolute Gasteiger partial charge is 0.497 e. The van der Waals surface area contributed by atoms with Crippen LogP contribution in [0.15, 0.2) is 18.2 Å². The number of nitrogens with zero attached hydrogens (tertiary/aromatic N) is 1. The lowest BCUT2D eigenvalue weighted by molar-refractivity contribution is -0.0936. The van der Waals surface area contributed by atoms with Crippen molar-refractivity contribution in [3.8, 4) is 5.75 Å². The Balaban J connectivity index is 1.51. The summed E-state index contributed by atoms with van der Waals surface area (Å²) in [7, 11) is 1.77. The summed E-state index contributed by atoms with van der Waals surface area (Å²) in [5, 5.41) is 3.86. The molecule has 2 saturated heterocycles. The molecular weight excluding hydrogens is 376 g/mol. The van der Waals surface area contributed by atoms with Crippen molar-refractivity contribution in [3.05, 3.63) is 29.3 Å². The fourth-order valence-electron chi connectivity index (χ4n) is 8.51. The molecule has 3 aliphatic carbocycles. The van der Waals surface area contributed by atoms with Gasteiger partial charge in [0.25, 0.3) is 0 Å². The highest BCUT2D eigenvalue weighted by atomic mass is 16.6. The van der Waals surface area contributed by atoms with E-state index in [4.69, 9.17) is 9.47 Å². The minimum absolute atomic E-state index is 0.121. The molecule has 2 heterocycles. The van der Waals surface area contributed by atoms with E-state index >= 15 is 0 Å². The van der Waals surface area contributed by atoms with E-state index in [9.17, 15) is 4.79 Å². The van der Waals surface area contributed by atoms with E-state index in [0.717, 1.165) is 37.6 Å². The van der Waals surface area contributed by atoms with Gasteiger partial charge >= 0.3 is 6.09 Å². The summed E-state index contributed by atoms with van der Waals surface area (Å²) in [5.41, 5.74) is 2.82. The van der Waals surface area contributed by atoms with E-state index < -0.39 is 5.60 Å². The van der Waals surface area contributed by atoms with Crippen LogP contribution in [0.25, 0.3) is 0 Å². The van der Waals surface area contributed by atoms with Crippen LogP contribution < -0.4 is 10.1 Å². The Hall–Kier alpha value is -1.75. The topological polar surface area (TPSA) is 50.8 Å². The van der Waals surface area contributed by atoms with Crippen molar-refractivity contribution in [3.63, 3.8) is 0 Å². The number of carbonyl (C=O) groups excluding carboxylic acids is 1. The third-order valence-electron chi connectivity index (χ3n) is 9.17. The number of rotatable bonds is 1. The first-order chi connectivity index (χ1) is 14.3. The van der Waals surface area contributed by atoms with Crippen LogP contribution in [-0.4, -0.2) is 48.9 Å². The zero-order chi connectivity index (χ0) is 20.9. The predicted molar refractivity (Wildman–Crippen MR) is 115 cm³/mol. The van der Waals surface area contributed by atoms with Crippen LogP contribution in [0.3, 0.4) is 0 Å². The maximum atomic E-state index is 13.3. The quantitative estimate of drug-likeness (QED) is 0.763. The molecule has 0 spiro atoms. The zero-order valence-electron chi connectivity index (χ0n) is 18.7. The lowest BCUT2D eigenvalue weighted by Crippen LogP contribution is -2.70. The number of nitrogens with one attached hydrogen (secondary N) is 1. The number of fused-ring (bicyclic) bond motifs is 1. The summed E-state index contributed by atoms with van der Waals surface area (Å²) in [6.07, 6.45) is 5.55. The van der Waals surface area contributed by atoms with Crippen LogP contribution >= 0.6 is 0 Å². The molecule has 4 bridgehead atoms. The smallest absolute Gasteiger partial charge is 0.410 e. The second-order valence-electron chi connectivity index (χ2n) is 11.3. The summed E-state index contributed by atoms with van der Waals surface area (Å²) >= 11 is 0. The van der Waals surface area contributed by atoms with E-state index in [0.29, 0.717) is 12.0 Å². The second-order valence-corrected chi connectivity index (χ2v) is 11.3. The number of likely N-dealkylation sites (tertiary alicyclic amines) is 1. The van der Waals surface area contributed by atoms with Crippen LogP contribution in [0.4, 0.5) is 4.79 Å². The van der Waals surface area contributed by atoms with Crippen molar-refractivity contribution in [2.75, 3.05) is 20.2 Å². The van der Waals surface area contributed by atoms with Gasteiger partial charge in [-0.15, -0.1) is 0 Å². The Kier molecular flexibility index (Phi) is 3.75. The first-order valence-electron chi connectivity index (χ1n) is 11.7. The number of hydrogen-bond donors (Lipinski definition) is 1. The summed E-state index contributed by atoms with van der Waals surface area (Å²) in [4.78, 5) is 15.4. The standard InChI is InChI=1S/C25H34N2O3/c1-23(2,3)30-22(28)27-10-9-25-18-12-17(29-4)6-5-15(18)11-20(27)24(25)8-7-19-21(25)16(13-24)14-26-19/h5-6,12,16,19-21,26H,7-11,13-14H2,1-4H3/t16-,19?,20?,21?,24?,25?/m1/s1.